The largest absolute Gasteiger partial charge is 0.408 e. The fraction of sp³-hybridized carbons (Fsp3) is 0. The maximum absolute atomic E-state index is 8.98. The lowest BCUT2D eigenvalue weighted by Crippen LogP contribution is -2.21. The summed E-state index contributed by atoms with van der Waals surface area (Å²) in [5, 5.41) is 19.1. The van der Waals surface area contributed by atoms with Gasteiger partial charge in [0, 0.05) is 21.4 Å². The molecule has 0 aromatic heterocycles. The topological polar surface area (TPSA) is 56.7 Å². The lowest BCUT2D eigenvalue weighted by Gasteiger charge is -2.11. The zero-order valence-corrected chi connectivity index (χ0v) is 11.3. The van der Waals surface area contributed by atoms with Gasteiger partial charge in [-0.1, -0.05) is 40.5 Å². The summed E-state index contributed by atoms with van der Waals surface area (Å²) in [5.41, 5.74) is 1.41. The number of nitrogens with zero attached hydrogens (tertiary/aromatic N) is 1. The van der Waals surface area contributed by atoms with Crippen molar-refractivity contribution >= 4 is 40.5 Å². The second-order valence-electron chi connectivity index (χ2n) is 3.72. The zero-order valence-electron chi connectivity index (χ0n) is 9.77. The number of hydrogen-bond acceptors (Lipinski definition) is 2. The molecule has 98 valence electrons. The highest BCUT2D eigenvalue weighted by Gasteiger charge is 2.02. The Labute approximate surface area is 120 Å². The van der Waals surface area contributed by atoms with Crippen LogP contribution in [0.25, 0.3) is 0 Å². The quantitative estimate of drug-likeness (QED) is 0.336. The monoisotopic (exact) mass is 295 g/mol. The van der Waals surface area contributed by atoms with Gasteiger partial charge in [0.15, 0.2) is 0 Å². The number of oxime groups is 1. The van der Waals surface area contributed by atoms with Gasteiger partial charge in [-0.25, -0.2) is 0 Å². The third-order valence-corrected chi connectivity index (χ3v) is 2.74. The summed E-state index contributed by atoms with van der Waals surface area (Å²) in [6.07, 6.45) is 0. The van der Waals surface area contributed by atoms with Crippen molar-refractivity contribution in [1.29, 1.82) is 0 Å². The van der Waals surface area contributed by atoms with Crippen LogP contribution in [-0.4, -0.2) is 11.2 Å². The molecular formula is C13H11Cl2N3O. The standard InChI is InChI=1S/C13H11Cl2N3O/c14-9-3-1-5-11(7-9)16-13(18-19)17-12-6-2-4-10(15)8-12/h1-8,19H,(H2,16,17,18). The van der Waals surface area contributed by atoms with Gasteiger partial charge in [0.25, 0.3) is 0 Å². The summed E-state index contributed by atoms with van der Waals surface area (Å²) in [6, 6.07) is 14.1. The Balaban J connectivity index is 2.09. The first-order valence-electron chi connectivity index (χ1n) is 5.44. The molecule has 0 atom stereocenters. The number of halogens is 2. The molecular weight excluding hydrogens is 285 g/mol. The summed E-state index contributed by atoms with van der Waals surface area (Å²) in [6.45, 7) is 0. The van der Waals surface area contributed by atoms with E-state index in [1.165, 1.54) is 0 Å². The fourth-order valence-corrected chi connectivity index (χ4v) is 1.87. The molecule has 6 heteroatoms. The molecule has 0 unspecified atom stereocenters. The summed E-state index contributed by atoms with van der Waals surface area (Å²) in [4.78, 5) is 0. The van der Waals surface area contributed by atoms with Crippen molar-refractivity contribution in [1.82, 2.24) is 0 Å². The Morgan fingerprint density at radius 2 is 1.37 bits per heavy atom. The first kappa shape index (κ1) is 13.5. The zero-order chi connectivity index (χ0) is 13.7. The van der Waals surface area contributed by atoms with E-state index < -0.39 is 0 Å². The van der Waals surface area contributed by atoms with Gasteiger partial charge in [0.05, 0.1) is 0 Å². The van der Waals surface area contributed by atoms with E-state index in [1.807, 2.05) is 0 Å². The molecule has 0 amide bonds. The number of rotatable bonds is 2. The minimum atomic E-state index is 0.171. The van der Waals surface area contributed by atoms with Gasteiger partial charge in [-0.05, 0) is 36.4 Å². The average Bonchev–Trinajstić information content (AvgIpc) is 2.38. The minimum Gasteiger partial charge on any atom is -0.408 e. The molecule has 2 aromatic rings. The Morgan fingerprint density at radius 3 is 1.74 bits per heavy atom. The maximum atomic E-state index is 8.98. The van der Waals surface area contributed by atoms with Crippen molar-refractivity contribution in [2.75, 3.05) is 10.6 Å². The van der Waals surface area contributed by atoms with Crippen LogP contribution in [0.15, 0.2) is 53.7 Å². The van der Waals surface area contributed by atoms with E-state index in [-0.39, 0.29) is 5.96 Å². The van der Waals surface area contributed by atoms with Crippen LogP contribution in [-0.2, 0) is 0 Å². The predicted octanol–water partition coefficient (Wildman–Crippen LogP) is 4.26. The van der Waals surface area contributed by atoms with Crippen LogP contribution in [0.1, 0.15) is 0 Å². The lowest BCUT2D eigenvalue weighted by molar-refractivity contribution is 0.319. The second kappa shape index (κ2) is 6.31. The summed E-state index contributed by atoms with van der Waals surface area (Å²) in [7, 11) is 0. The molecule has 2 aromatic carbocycles. The van der Waals surface area contributed by atoms with Crippen LogP contribution < -0.4 is 10.6 Å². The van der Waals surface area contributed by atoms with E-state index in [1.54, 1.807) is 48.5 Å². The number of anilines is 2. The smallest absolute Gasteiger partial charge is 0.242 e. The predicted molar refractivity (Wildman–Crippen MR) is 79.4 cm³/mol. The van der Waals surface area contributed by atoms with Crippen molar-refractivity contribution in [3.63, 3.8) is 0 Å². The minimum absolute atomic E-state index is 0.171. The van der Waals surface area contributed by atoms with Gasteiger partial charge in [-0.3, -0.25) is 0 Å². The van der Waals surface area contributed by atoms with Crippen molar-refractivity contribution in [2.45, 2.75) is 0 Å². The van der Waals surface area contributed by atoms with Crippen molar-refractivity contribution in [3.8, 4) is 0 Å². The Morgan fingerprint density at radius 1 is 0.895 bits per heavy atom. The van der Waals surface area contributed by atoms with Gasteiger partial charge >= 0.3 is 0 Å². The molecule has 19 heavy (non-hydrogen) atoms. The van der Waals surface area contributed by atoms with E-state index in [9.17, 15) is 0 Å². The van der Waals surface area contributed by atoms with E-state index in [0.717, 1.165) is 0 Å². The fourth-order valence-electron chi connectivity index (χ4n) is 1.49. The molecule has 4 nitrogen and oxygen atoms in total. The molecule has 0 bridgehead atoms. The molecule has 0 heterocycles. The molecule has 0 radical (unpaired) electrons. The number of nitrogens with one attached hydrogen (secondary N) is 2. The van der Waals surface area contributed by atoms with Crippen LogP contribution in [0.5, 0.6) is 0 Å². The third-order valence-electron chi connectivity index (χ3n) is 2.27. The van der Waals surface area contributed by atoms with Crippen LogP contribution in [0.4, 0.5) is 11.4 Å². The first-order chi connectivity index (χ1) is 9.17. The number of guanidine groups is 1. The first-order valence-corrected chi connectivity index (χ1v) is 6.20. The number of hydrogen-bond donors (Lipinski definition) is 3. The third kappa shape index (κ3) is 4.05. The van der Waals surface area contributed by atoms with Crippen molar-refractivity contribution < 1.29 is 5.21 Å². The van der Waals surface area contributed by atoms with Crippen LogP contribution >= 0.6 is 23.2 Å². The highest BCUT2D eigenvalue weighted by Crippen LogP contribution is 2.17. The molecule has 0 saturated heterocycles. The second-order valence-corrected chi connectivity index (χ2v) is 4.59. The van der Waals surface area contributed by atoms with Crippen LogP contribution in [0.3, 0.4) is 0 Å². The Kier molecular flexibility index (Phi) is 4.49. The summed E-state index contributed by atoms with van der Waals surface area (Å²) < 4.78 is 0. The number of benzene rings is 2. The lowest BCUT2D eigenvalue weighted by atomic mass is 10.3. The van der Waals surface area contributed by atoms with E-state index in [0.29, 0.717) is 21.4 Å². The summed E-state index contributed by atoms with van der Waals surface area (Å²) >= 11 is 11.7. The van der Waals surface area contributed by atoms with Crippen LogP contribution in [0, 0.1) is 0 Å². The average molecular weight is 296 g/mol. The molecule has 0 fully saturated rings. The highest BCUT2D eigenvalue weighted by molar-refractivity contribution is 6.31. The van der Waals surface area contributed by atoms with Gasteiger partial charge < -0.3 is 15.8 Å². The molecule has 0 saturated carbocycles. The van der Waals surface area contributed by atoms with E-state index in [4.69, 9.17) is 28.4 Å². The van der Waals surface area contributed by atoms with E-state index in [2.05, 4.69) is 15.8 Å². The Bertz CT molecular complexity index is 552. The molecule has 0 aliphatic rings. The summed E-state index contributed by atoms with van der Waals surface area (Å²) in [5.74, 6) is 0.171. The van der Waals surface area contributed by atoms with Gasteiger partial charge in [-0.2, -0.15) is 0 Å². The van der Waals surface area contributed by atoms with E-state index >= 15 is 0 Å². The SMILES string of the molecule is ON=C(Nc1cccc(Cl)c1)Nc1cccc(Cl)c1. The van der Waals surface area contributed by atoms with Gasteiger partial charge in [0.1, 0.15) is 0 Å². The molecule has 3 N–H and O–H groups in total. The van der Waals surface area contributed by atoms with Crippen molar-refractivity contribution in [2.24, 2.45) is 5.16 Å². The molecule has 0 aliphatic carbocycles. The van der Waals surface area contributed by atoms with Crippen molar-refractivity contribution in [3.05, 3.63) is 58.6 Å². The highest BCUT2D eigenvalue weighted by atomic mass is 35.5. The maximum Gasteiger partial charge on any atom is 0.242 e. The molecule has 0 aliphatic heterocycles. The Hall–Kier alpha value is -1.91. The normalized spacial score (nSPS) is 9.79. The van der Waals surface area contributed by atoms with Crippen LogP contribution in [0.2, 0.25) is 10.0 Å². The van der Waals surface area contributed by atoms with Gasteiger partial charge in [-0.15, -0.1) is 0 Å². The van der Waals surface area contributed by atoms with Gasteiger partial charge in [0.2, 0.25) is 5.96 Å². The molecule has 0 spiro atoms. The molecule has 2 rings (SSSR count).